The average molecular weight is 315 g/mol. The summed E-state index contributed by atoms with van der Waals surface area (Å²) in [5.74, 6) is 0.806. The molecule has 0 amide bonds. The summed E-state index contributed by atoms with van der Waals surface area (Å²) < 4.78 is 5.59. The molecule has 0 spiro atoms. The minimum absolute atomic E-state index is 0.806. The van der Waals surface area contributed by atoms with E-state index < -0.39 is 0 Å². The van der Waals surface area contributed by atoms with Gasteiger partial charge in [0.25, 0.3) is 0 Å². The number of azo groups is 1. The van der Waals surface area contributed by atoms with Gasteiger partial charge in [0, 0.05) is 0 Å². The Morgan fingerprint density at radius 2 is 1.42 bits per heavy atom. The van der Waals surface area contributed by atoms with Crippen LogP contribution in [0.3, 0.4) is 0 Å². The van der Waals surface area contributed by atoms with Crippen LogP contribution >= 0.6 is 0 Å². The number of methoxy groups -OCH3 is 1. The van der Waals surface area contributed by atoms with Crippen molar-refractivity contribution in [2.24, 2.45) is 10.2 Å². The molecule has 0 saturated heterocycles. The molecule has 4 nitrogen and oxygen atoms in total. The van der Waals surface area contributed by atoms with Crippen LogP contribution in [0, 0.1) is 6.92 Å². The highest BCUT2D eigenvalue weighted by atomic mass is 16.5. The number of fused-ring (bicyclic) bond motifs is 2. The quantitative estimate of drug-likeness (QED) is 0.441. The van der Waals surface area contributed by atoms with Gasteiger partial charge in [-0.1, -0.05) is 30.3 Å². The van der Waals surface area contributed by atoms with Crippen molar-refractivity contribution >= 4 is 28.4 Å². The number of hydrogen-bond acceptors (Lipinski definition) is 4. The Morgan fingerprint density at radius 3 is 2.25 bits per heavy atom. The molecular weight excluding hydrogens is 298 g/mol. The van der Waals surface area contributed by atoms with Crippen LogP contribution in [0.4, 0.5) is 28.4 Å². The van der Waals surface area contributed by atoms with E-state index >= 15 is 0 Å². The highest BCUT2D eigenvalue weighted by Gasteiger charge is 2.23. The molecular formula is C20H17N3O. The lowest BCUT2D eigenvalue weighted by molar-refractivity contribution is 0.416. The second-order valence-corrected chi connectivity index (χ2v) is 5.69. The molecule has 0 N–H and O–H groups in total. The number of para-hydroxylation sites is 3. The minimum atomic E-state index is 0.806. The lowest BCUT2D eigenvalue weighted by Crippen LogP contribution is -2.11. The van der Waals surface area contributed by atoms with Crippen molar-refractivity contribution in [3.63, 3.8) is 0 Å². The first kappa shape index (κ1) is 14.5. The largest absolute Gasteiger partial charge is 0.495 e. The van der Waals surface area contributed by atoms with Crippen molar-refractivity contribution in [2.75, 3.05) is 12.0 Å². The predicted octanol–water partition coefficient (Wildman–Crippen LogP) is 6.20. The van der Waals surface area contributed by atoms with E-state index in [-0.39, 0.29) is 0 Å². The normalized spacial score (nSPS) is 12.3. The molecule has 0 aromatic heterocycles. The standard InChI is InChI=1S/C20H17N3O/c1-14-11-12-18-16(13-14)22-21-15-7-3-4-8-17(15)23(18)19-9-5-6-10-20(19)24-2/h3-13H,1-2H3. The van der Waals surface area contributed by atoms with E-state index in [2.05, 4.69) is 40.3 Å². The van der Waals surface area contributed by atoms with Gasteiger partial charge >= 0.3 is 0 Å². The summed E-state index contributed by atoms with van der Waals surface area (Å²) >= 11 is 0. The Kier molecular flexibility index (Phi) is 3.50. The molecule has 3 aromatic rings. The van der Waals surface area contributed by atoms with Crippen LogP contribution in [0.15, 0.2) is 77.0 Å². The predicted molar refractivity (Wildman–Crippen MR) is 96.6 cm³/mol. The summed E-state index contributed by atoms with van der Waals surface area (Å²) in [6.07, 6.45) is 0. The van der Waals surface area contributed by atoms with Crippen molar-refractivity contribution in [3.8, 4) is 5.75 Å². The topological polar surface area (TPSA) is 37.2 Å². The molecule has 0 fully saturated rings. The van der Waals surface area contributed by atoms with Crippen LogP contribution in [0.25, 0.3) is 0 Å². The maximum absolute atomic E-state index is 5.59. The van der Waals surface area contributed by atoms with E-state index in [4.69, 9.17) is 4.74 Å². The number of anilines is 3. The van der Waals surface area contributed by atoms with E-state index in [0.717, 1.165) is 39.7 Å². The highest BCUT2D eigenvalue weighted by molar-refractivity contribution is 5.90. The smallest absolute Gasteiger partial charge is 0.142 e. The fourth-order valence-electron chi connectivity index (χ4n) is 2.95. The molecule has 4 rings (SSSR count). The van der Waals surface area contributed by atoms with Crippen LogP contribution in [0.2, 0.25) is 0 Å². The first-order chi connectivity index (χ1) is 11.8. The third kappa shape index (κ3) is 2.33. The lowest BCUT2D eigenvalue weighted by atomic mass is 10.1. The van der Waals surface area contributed by atoms with Gasteiger partial charge < -0.3 is 9.64 Å². The van der Waals surface area contributed by atoms with E-state index in [1.54, 1.807) is 7.11 Å². The van der Waals surface area contributed by atoms with Crippen molar-refractivity contribution in [3.05, 3.63) is 72.3 Å². The highest BCUT2D eigenvalue weighted by Crippen LogP contribution is 2.49. The minimum Gasteiger partial charge on any atom is -0.495 e. The molecule has 1 heterocycles. The zero-order chi connectivity index (χ0) is 16.5. The number of ether oxygens (including phenoxy) is 1. The van der Waals surface area contributed by atoms with Crippen molar-refractivity contribution in [1.82, 2.24) is 0 Å². The first-order valence-corrected chi connectivity index (χ1v) is 7.82. The fraction of sp³-hybridized carbons (Fsp3) is 0.100. The average Bonchev–Trinajstić information content (AvgIpc) is 2.78. The summed E-state index contributed by atoms with van der Waals surface area (Å²) in [5, 5.41) is 8.91. The molecule has 1 aliphatic heterocycles. The van der Waals surface area contributed by atoms with Gasteiger partial charge in [0.15, 0.2) is 0 Å². The van der Waals surface area contributed by atoms with E-state index in [9.17, 15) is 0 Å². The molecule has 0 unspecified atom stereocenters. The van der Waals surface area contributed by atoms with Gasteiger partial charge in [-0.15, -0.1) is 10.2 Å². The van der Waals surface area contributed by atoms with E-state index in [0.29, 0.717) is 0 Å². The second-order valence-electron chi connectivity index (χ2n) is 5.69. The van der Waals surface area contributed by atoms with E-state index in [1.807, 2.05) is 48.5 Å². The number of rotatable bonds is 2. The molecule has 0 atom stereocenters. The Morgan fingerprint density at radius 1 is 0.750 bits per heavy atom. The summed E-state index contributed by atoms with van der Waals surface area (Å²) in [5.41, 5.74) is 5.75. The Balaban J connectivity index is 2.03. The van der Waals surface area contributed by atoms with Crippen molar-refractivity contribution in [1.29, 1.82) is 0 Å². The van der Waals surface area contributed by atoms with E-state index in [1.165, 1.54) is 0 Å². The van der Waals surface area contributed by atoms with Gasteiger partial charge in [0.1, 0.15) is 17.1 Å². The summed E-state index contributed by atoms with van der Waals surface area (Å²) in [4.78, 5) is 2.16. The Bertz CT molecular complexity index is 934. The van der Waals surface area contributed by atoms with Gasteiger partial charge in [-0.25, -0.2) is 0 Å². The number of aryl methyl sites for hydroxylation is 1. The van der Waals surface area contributed by atoms with Gasteiger partial charge in [-0.2, -0.15) is 0 Å². The van der Waals surface area contributed by atoms with Gasteiger partial charge in [-0.05, 0) is 48.9 Å². The van der Waals surface area contributed by atoms with Crippen molar-refractivity contribution in [2.45, 2.75) is 6.92 Å². The van der Waals surface area contributed by atoms with Crippen molar-refractivity contribution < 1.29 is 4.74 Å². The Hall–Kier alpha value is -3.14. The van der Waals surface area contributed by atoms with Gasteiger partial charge in [-0.3, -0.25) is 0 Å². The monoisotopic (exact) mass is 315 g/mol. The molecule has 0 saturated carbocycles. The van der Waals surface area contributed by atoms with Gasteiger partial charge in [0.2, 0.25) is 0 Å². The number of nitrogens with zero attached hydrogens (tertiary/aromatic N) is 3. The molecule has 0 bridgehead atoms. The third-order valence-electron chi connectivity index (χ3n) is 4.09. The zero-order valence-corrected chi connectivity index (χ0v) is 13.6. The summed E-state index contributed by atoms with van der Waals surface area (Å²) in [7, 11) is 1.69. The molecule has 3 aromatic carbocycles. The maximum atomic E-state index is 5.59. The third-order valence-corrected chi connectivity index (χ3v) is 4.09. The molecule has 0 radical (unpaired) electrons. The summed E-state index contributed by atoms with van der Waals surface area (Å²) in [6, 6.07) is 22.2. The SMILES string of the molecule is COc1ccccc1N1c2ccccc2N=Nc2cc(C)ccc21. The fourth-order valence-corrected chi connectivity index (χ4v) is 2.95. The number of benzene rings is 3. The Labute approximate surface area is 141 Å². The maximum Gasteiger partial charge on any atom is 0.142 e. The summed E-state index contributed by atoms with van der Waals surface area (Å²) in [6.45, 7) is 2.06. The molecule has 0 aliphatic carbocycles. The molecule has 118 valence electrons. The first-order valence-electron chi connectivity index (χ1n) is 7.82. The number of hydrogen-bond donors (Lipinski definition) is 0. The van der Waals surface area contributed by atoms with Crippen LogP contribution < -0.4 is 9.64 Å². The second kappa shape index (κ2) is 5.81. The van der Waals surface area contributed by atoms with Crippen LogP contribution in [0.1, 0.15) is 5.56 Å². The molecule has 24 heavy (non-hydrogen) atoms. The molecule has 1 aliphatic rings. The zero-order valence-electron chi connectivity index (χ0n) is 13.6. The molecule has 4 heteroatoms. The van der Waals surface area contributed by atoms with Gasteiger partial charge in [0.05, 0.1) is 24.2 Å². The van der Waals surface area contributed by atoms with Crippen LogP contribution in [-0.2, 0) is 0 Å². The lowest BCUT2D eigenvalue weighted by Gasteiger charge is -2.27. The van der Waals surface area contributed by atoms with Crippen LogP contribution in [-0.4, -0.2) is 7.11 Å². The van der Waals surface area contributed by atoms with Crippen LogP contribution in [0.5, 0.6) is 5.75 Å².